The van der Waals surface area contributed by atoms with Crippen molar-refractivity contribution in [3.8, 4) is 0 Å². The molecule has 0 spiro atoms. The van der Waals surface area contributed by atoms with E-state index in [2.05, 4.69) is 19.2 Å². The van der Waals surface area contributed by atoms with Crippen molar-refractivity contribution >= 4 is 5.78 Å². The maximum Gasteiger partial charge on any atom is 0.133 e. The van der Waals surface area contributed by atoms with E-state index in [0.717, 1.165) is 25.8 Å². The van der Waals surface area contributed by atoms with E-state index in [1.54, 1.807) is 0 Å². The minimum Gasteiger partial charge on any atom is -0.315 e. The summed E-state index contributed by atoms with van der Waals surface area (Å²) in [6, 6.07) is 0.536. The molecule has 1 N–H and O–H groups in total. The molecule has 1 fully saturated rings. The van der Waals surface area contributed by atoms with Gasteiger partial charge in [0.15, 0.2) is 0 Å². The lowest BCUT2D eigenvalue weighted by atomic mass is 9.85. The SMILES string of the molecule is CC(C)NCCCC(=O)CC1CCCCC1. The zero-order valence-electron chi connectivity index (χ0n) is 10.9. The van der Waals surface area contributed by atoms with Crippen molar-refractivity contribution < 1.29 is 4.79 Å². The third-order valence-corrected chi connectivity index (χ3v) is 3.43. The average molecular weight is 225 g/mol. The van der Waals surface area contributed by atoms with Crippen LogP contribution in [0.3, 0.4) is 0 Å². The van der Waals surface area contributed by atoms with Crippen molar-refractivity contribution in [1.29, 1.82) is 0 Å². The van der Waals surface area contributed by atoms with Crippen LogP contribution in [0.25, 0.3) is 0 Å². The van der Waals surface area contributed by atoms with E-state index in [-0.39, 0.29) is 0 Å². The van der Waals surface area contributed by atoms with E-state index < -0.39 is 0 Å². The fraction of sp³-hybridized carbons (Fsp3) is 0.929. The lowest BCUT2D eigenvalue weighted by Gasteiger charge is -2.20. The lowest BCUT2D eigenvalue weighted by Crippen LogP contribution is -2.24. The first-order valence-electron chi connectivity index (χ1n) is 6.93. The van der Waals surface area contributed by atoms with Crippen LogP contribution in [0.5, 0.6) is 0 Å². The zero-order valence-corrected chi connectivity index (χ0v) is 10.9. The summed E-state index contributed by atoms with van der Waals surface area (Å²) < 4.78 is 0. The predicted octanol–water partition coefficient (Wildman–Crippen LogP) is 3.30. The Kier molecular flexibility index (Phi) is 6.70. The van der Waals surface area contributed by atoms with Crippen molar-refractivity contribution in [3.05, 3.63) is 0 Å². The Hall–Kier alpha value is -0.370. The van der Waals surface area contributed by atoms with Gasteiger partial charge in [-0.15, -0.1) is 0 Å². The van der Waals surface area contributed by atoms with Gasteiger partial charge in [-0.25, -0.2) is 0 Å². The van der Waals surface area contributed by atoms with Gasteiger partial charge in [0, 0.05) is 18.9 Å². The molecule has 1 saturated carbocycles. The summed E-state index contributed by atoms with van der Waals surface area (Å²) >= 11 is 0. The lowest BCUT2D eigenvalue weighted by molar-refractivity contribution is -0.120. The monoisotopic (exact) mass is 225 g/mol. The number of carbonyl (C=O) groups is 1. The van der Waals surface area contributed by atoms with E-state index in [4.69, 9.17) is 0 Å². The summed E-state index contributed by atoms with van der Waals surface area (Å²) in [7, 11) is 0. The molecule has 16 heavy (non-hydrogen) atoms. The molecule has 0 bridgehead atoms. The van der Waals surface area contributed by atoms with Crippen molar-refractivity contribution in [3.63, 3.8) is 0 Å². The van der Waals surface area contributed by atoms with Gasteiger partial charge < -0.3 is 5.32 Å². The smallest absolute Gasteiger partial charge is 0.133 e. The van der Waals surface area contributed by atoms with Crippen LogP contribution < -0.4 is 5.32 Å². The highest BCUT2D eigenvalue weighted by atomic mass is 16.1. The summed E-state index contributed by atoms with van der Waals surface area (Å²) in [6.07, 6.45) is 9.26. The van der Waals surface area contributed by atoms with Gasteiger partial charge in [0.05, 0.1) is 0 Å². The molecule has 0 aliphatic heterocycles. The number of nitrogens with one attached hydrogen (secondary N) is 1. The van der Waals surface area contributed by atoms with Crippen LogP contribution in [0.15, 0.2) is 0 Å². The van der Waals surface area contributed by atoms with Gasteiger partial charge in [-0.2, -0.15) is 0 Å². The Morgan fingerprint density at radius 1 is 1.25 bits per heavy atom. The number of ketones is 1. The van der Waals surface area contributed by atoms with E-state index in [1.807, 2.05) is 0 Å². The molecule has 0 atom stereocenters. The van der Waals surface area contributed by atoms with Gasteiger partial charge in [0.2, 0.25) is 0 Å². The molecule has 0 aromatic heterocycles. The van der Waals surface area contributed by atoms with Crippen LogP contribution >= 0.6 is 0 Å². The molecule has 2 heteroatoms. The number of Topliss-reactive ketones (excluding diaryl/α,β-unsaturated/α-hetero) is 1. The standard InChI is InChI=1S/C14H27NO/c1-12(2)15-10-6-9-14(16)11-13-7-4-3-5-8-13/h12-13,15H,3-11H2,1-2H3. The number of carbonyl (C=O) groups excluding carboxylic acids is 1. The molecule has 94 valence electrons. The molecule has 0 unspecified atom stereocenters. The second-order valence-electron chi connectivity index (χ2n) is 5.46. The maximum atomic E-state index is 11.7. The molecule has 1 aliphatic rings. The van der Waals surface area contributed by atoms with Gasteiger partial charge in [-0.3, -0.25) is 4.79 Å². The molecule has 0 amide bonds. The molecule has 1 rings (SSSR count). The third-order valence-electron chi connectivity index (χ3n) is 3.43. The third kappa shape index (κ3) is 6.26. The fourth-order valence-corrected chi connectivity index (χ4v) is 2.49. The first-order chi connectivity index (χ1) is 7.68. The largest absolute Gasteiger partial charge is 0.315 e. The van der Waals surface area contributed by atoms with Gasteiger partial charge in [0.1, 0.15) is 5.78 Å². The van der Waals surface area contributed by atoms with E-state index in [9.17, 15) is 4.79 Å². The predicted molar refractivity (Wildman–Crippen MR) is 68.6 cm³/mol. The van der Waals surface area contributed by atoms with Crippen LogP contribution in [0.1, 0.15) is 65.2 Å². The van der Waals surface area contributed by atoms with Gasteiger partial charge in [-0.05, 0) is 18.9 Å². The van der Waals surface area contributed by atoms with Crippen molar-refractivity contribution in [2.75, 3.05) is 6.54 Å². The molecule has 0 aromatic carbocycles. The second-order valence-corrected chi connectivity index (χ2v) is 5.46. The molecular formula is C14H27NO. The highest BCUT2D eigenvalue weighted by molar-refractivity contribution is 5.78. The highest BCUT2D eigenvalue weighted by Gasteiger charge is 2.16. The summed E-state index contributed by atoms with van der Waals surface area (Å²) in [6.45, 7) is 5.27. The van der Waals surface area contributed by atoms with Gasteiger partial charge >= 0.3 is 0 Å². The summed E-state index contributed by atoms with van der Waals surface area (Å²) in [4.78, 5) is 11.7. The first-order valence-corrected chi connectivity index (χ1v) is 6.93. The summed E-state index contributed by atoms with van der Waals surface area (Å²) in [5, 5.41) is 3.35. The minimum absolute atomic E-state index is 0.484. The Morgan fingerprint density at radius 2 is 1.94 bits per heavy atom. The molecular weight excluding hydrogens is 198 g/mol. The molecule has 0 aromatic rings. The molecule has 0 heterocycles. The highest BCUT2D eigenvalue weighted by Crippen LogP contribution is 2.26. The number of hydrogen-bond acceptors (Lipinski definition) is 2. The zero-order chi connectivity index (χ0) is 11.8. The Morgan fingerprint density at radius 3 is 2.56 bits per heavy atom. The fourth-order valence-electron chi connectivity index (χ4n) is 2.49. The number of hydrogen-bond donors (Lipinski definition) is 1. The quantitative estimate of drug-likeness (QED) is 0.674. The van der Waals surface area contributed by atoms with Crippen LogP contribution in [-0.4, -0.2) is 18.4 Å². The first kappa shape index (κ1) is 13.7. The topological polar surface area (TPSA) is 29.1 Å². The van der Waals surface area contributed by atoms with Crippen LogP contribution in [0.4, 0.5) is 0 Å². The van der Waals surface area contributed by atoms with Gasteiger partial charge in [0.25, 0.3) is 0 Å². The average Bonchev–Trinajstić information content (AvgIpc) is 2.25. The van der Waals surface area contributed by atoms with Crippen LogP contribution in [0, 0.1) is 5.92 Å². The Balaban J connectivity index is 2.01. The Bertz CT molecular complexity index is 195. The second kappa shape index (κ2) is 7.83. The van der Waals surface area contributed by atoms with Crippen molar-refractivity contribution in [2.45, 2.75) is 71.3 Å². The van der Waals surface area contributed by atoms with E-state index >= 15 is 0 Å². The van der Waals surface area contributed by atoms with Gasteiger partial charge in [-0.1, -0.05) is 46.0 Å². The normalized spacial score (nSPS) is 17.9. The number of rotatable bonds is 7. The summed E-state index contributed by atoms with van der Waals surface area (Å²) in [5.74, 6) is 1.19. The van der Waals surface area contributed by atoms with E-state index in [0.29, 0.717) is 17.7 Å². The molecule has 0 radical (unpaired) electrons. The molecule has 1 aliphatic carbocycles. The van der Waals surface area contributed by atoms with Crippen LogP contribution in [0.2, 0.25) is 0 Å². The maximum absolute atomic E-state index is 11.7. The Labute approximate surface area is 100 Å². The summed E-state index contributed by atoms with van der Waals surface area (Å²) in [5.41, 5.74) is 0. The van der Waals surface area contributed by atoms with Crippen LogP contribution in [-0.2, 0) is 4.79 Å². The van der Waals surface area contributed by atoms with Crippen molar-refractivity contribution in [2.24, 2.45) is 5.92 Å². The van der Waals surface area contributed by atoms with Crippen molar-refractivity contribution in [1.82, 2.24) is 5.32 Å². The van der Waals surface area contributed by atoms with E-state index in [1.165, 1.54) is 32.1 Å². The molecule has 0 saturated heterocycles. The minimum atomic E-state index is 0.484. The molecule has 2 nitrogen and oxygen atoms in total.